The Morgan fingerprint density at radius 1 is 1.22 bits per heavy atom. The molecule has 2 N–H and O–H groups in total. The third-order valence-electron chi connectivity index (χ3n) is 2.87. The molecule has 0 aliphatic rings. The Kier molecular flexibility index (Phi) is 3.94. The van der Waals surface area contributed by atoms with Gasteiger partial charge in [-0.25, -0.2) is 4.68 Å². The first kappa shape index (κ1) is 12.6. The van der Waals surface area contributed by atoms with Gasteiger partial charge in [-0.3, -0.25) is 14.7 Å². The summed E-state index contributed by atoms with van der Waals surface area (Å²) in [4.78, 5) is 23.9. The Balaban J connectivity index is 2.32. The van der Waals surface area contributed by atoms with Gasteiger partial charge in [0.1, 0.15) is 0 Å². The molecule has 0 aliphatic heterocycles. The van der Waals surface area contributed by atoms with Gasteiger partial charge >= 0.3 is 0 Å². The van der Waals surface area contributed by atoms with Gasteiger partial charge in [0.2, 0.25) is 0 Å². The van der Waals surface area contributed by atoms with E-state index in [1.807, 2.05) is 6.92 Å². The fourth-order valence-corrected chi connectivity index (χ4v) is 1.94. The number of nitrogens with one attached hydrogen (secondary N) is 2. The van der Waals surface area contributed by atoms with Gasteiger partial charge < -0.3 is 5.32 Å². The van der Waals surface area contributed by atoms with Crippen molar-refractivity contribution in [2.45, 2.75) is 19.9 Å². The van der Waals surface area contributed by atoms with E-state index in [1.165, 1.54) is 4.68 Å². The highest BCUT2D eigenvalue weighted by molar-refractivity contribution is 5.80. The molecule has 0 atom stereocenters. The minimum Gasteiger partial charge on any atom is -0.317 e. The maximum absolute atomic E-state index is 12.1. The maximum Gasteiger partial charge on any atom is 0.273 e. The van der Waals surface area contributed by atoms with Gasteiger partial charge in [0.25, 0.3) is 11.1 Å². The van der Waals surface area contributed by atoms with E-state index in [-0.39, 0.29) is 11.1 Å². The molecular formula is C13H17N3O2. The van der Waals surface area contributed by atoms with Crippen LogP contribution in [0.15, 0.2) is 33.9 Å². The molecule has 0 saturated heterocycles. The van der Waals surface area contributed by atoms with Gasteiger partial charge in [0.05, 0.1) is 10.8 Å². The van der Waals surface area contributed by atoms with Crippen molar-refractivity contribution in [3.63, 3.8) is 0 Å². The number of H-pyrrole nitrogens is 1. The van der Waals surface area contributed by atoms with Crippen molar-refractivity contribution in [2.24, 2.45) is 0 Å². The Bertz CT molecular complexity index is 642. The van der Waals surface area contributed by atoms with Crippen LogP contribution >= 0.6 is 0 Å². The van der Waals surface area contributed by atoms with Gasteiger partial charge in [-0.15, -0.1) is 0 Å². The second-order valence-corrected chi connectivity index (χ2v) is 4.15. The van der Waals surface area contributed by atoms with E-state index >= 15 is 0 Å². The highest BCUT2D eigenvalue weighted by Gasteiger charge is 2.05. The van der Waals surface area contributed by atoms with Gasteiger partial charge in [-0.1, -0.05) is 19.1 Å². The fraction of sp³-hybridized carbons (Fsp3) is 0.385. The van der Waals surface area contributed by atoms with Crippen molar-refractivity contribution in [1.29, 1.82) is 0 Å². The van der Waals surface area contributed by atoms with Crippen molar-refractivity contribution >= 4 is 10.8 Å². The van der Waals surface area contributed by atoms with Crippen molar-refractivity contribution in [3.8, 4) is 0 Å². The number of aromatic nitrogens is 2. The van der Waals surface area contributed by atoms with Gasteiger partial charge in [-0.2, -0.15) is 0 Å². The first-order chi connectivity index (χ1) is 8.74. The summed E-state index contributed by atoms with van der Waals surface area (Å²) >= 11 is 0. The monoisotopic (exact) mass is 247 g/mol. The largest absolute Gasteiger partial charge is 0.317 e. The molecule has 0 radical (unpaired) electrons. The number of aryl methyl sites for hydroxylation is 1. The molecule has 0 fully saturated rings. The first-order valence-electron chi connectivity index (χ1n) is 6.16. The minimum absolute atomic E-state index is 0.137. The summed E-state index contributed by atoms with van der Waals surface area (Å²) in [6, 6.07) is 6.88. The normalized spacial score (nSPS) is 10.9. The average molecular weight is 247 g/mol. The van der Waals surface area contributed by atoms with E-state index in [9.17, 15) is 9.59 Å². The standard InChI is InChI=1S/C13H17N3O2/c1-2-14-8-5-9-16-13(18)11-7-4-3-6-10(11)12(17)15-16/h3-4,6-7,14H,2,5,8-9H2,1H3,(H,15,17). The quantitative estimate of drug-likeness (QED) is 0.764. The lowest BCUT2D eigenvalue weighted by Crippen LogP contribution is -2.30. The van der Waals surface area contributed by atoms with Gasteiger partial charge in [0, 0.05) is 6.54 Å². The fourth-order valence-electron chi connectivity index (χ4n) is 1.94. The number of rotatable bonds is 5. The molecular weight excluding hydrogens is 230 g/mol. The zero-order valence-electron chi connectivity index (χ0n) is 10.4. The van der Waals surface area contributed by atoms with E-state index < -0.39 is 0 Å². The van der Waals surface area contributed by atoms with Gasteiger partial charge in [0.15, 0.2) is 0 Å². The molecule has 1 aromatic carbocycles. The third kappa shape index (κ3) is 2.51. The molecule has 1 aromatic heterocycles. The van der Waals surface area contributed by atoms with E-state index in [0.29, 0.717) is 17.3 Å². The molecule has 5 nitrogen and oxygen atoms in total. The predicted octanol–water partition coefficient (Wildman–Crippen LogP) is 0.689. The molecule has 0 saturated carbocycles. The van der Waals surface area contributed by atoms with Crippen molar-refractivity contribution in [3.05, 3.63) is 45.0 Å². The van der Waals surface area contributed by atoms with E-state index in [1.54, 1.807) is 24.3 Å². The zero-order chi connectivity index (χ0) is 13.0. The number of nitrogens with zero attached hydrogens (tertiary/aromatic N) is 1. The lowest BCUT2D eigenvalue weighted by atomic mass is 10.2. The van der Waals surface area contributed by atoms with Crippen LogP contribution in [0.25, 0.3) is 10.8 Å². The van der Waals surface area contributed by atoms with Crippen molar-refractivity contribution in [2.75, 3.05) is 13.1 Å². The molecule has 0 aliphatic carbocycles. The summed E-state index contributed by atoms with van der Waals surface area (Å²) in [6.45, 7) is 4.29. The van der Waals surface area contributed by atoms with E-state index in [4.69, 9.17) is 0 Å². The topological polar surface area (TPSA) is 66.9 Å². The Hall–Kier alpha value is -1.88. The van der Waals surface area contributed by atoms with Gasteiger partial charge in [-0.05, 0) is 31.6 Å². The lowest BCUT2D eigenvalue weighted by Gasteiger charge is -2.07. The van der Waals surface area contributed by atoms with Crippen LogP contribution < -0.4 is 16.4 Å². The van der Waals surface area contributed by atoms with Crippen LogP contribution in [-0.2, 0) is 6.54 Å². The zero-order valence-corrected chi connectivity index (χ0v) is 10.4. The number of fused-ring (bicyclic) bond motifs is 1. The van der Waals surface area contributed by atoms with Crippen LogP contribution in [0, 0.1) is 0 Å². The molecule has 2 rings (SSSR count). The molecule has 5 heteroatoms. The molecule has 1 heterocycles. The molecule has 2 aromatic rings. The summed E-state index contributed by atoms with van der Waals surface area (Å²) in [5, 5.41) is 6.72. The van der Waals surface area contributed by atoms with Crippen LogP contribution in [0.2, 0.25) is 0 Å². The predicted molar refractivity (Wildman–Crippen MR) is 72.0 cm³/mol. The average Bonchev–Trinajstić information content (AvgIpc) is 2.40. The van der Waals surface area contributed by atoms with Crippen LogP contribution in [0.5, 0.6) is 0 Å². The van der Waals surface area contributed by atoms with Crippen molar-refractivity contribution < 1.29 is 0 Å². The summed E-state index contributed by atoms with van der Waals surface area (Å²) in [5.41, 5.74) is -0.352. The van der Waals surface area contributed by atoms with E-state index in [0.717, 1.165) is 19.5 Å². The molecule has 0 bridgehead atoms. The summed E-state index contributed by atoms with van der Waals surface area (Å²) < 4.78 is 1.39. The Morgan fingerprint density at radius 3 is 2.67 bits per heavy atom. The summed E-state index contributed by atoms with van der Waals surface area (Å²) in [7, 11) is 0. The van der Waals surface area contributed by atoms with Crippen LogP contribution in [0.1, 0.15) is 13.3 Å². The van der Waals surface area contributed by atoms with Crippen LogP contribution in [-0.4, -0.2) is 22.9 Å². The summed E-state index contributed by atoms with van der Waals surface area (Å²) in [5.74, 6) is 0. The number of benzene rings is 1. The minimum atomic E-state index is -0.214. The second kappa shape index (κ2) is 5.64. The smallest absolute Gasteiger partial charge is 0.273 e. The lowest BCUT2D eigenvalue weighted by molar-refractivity contribution is 0.527. The molecule has 18 heavy (non-hydrogen) atoms. The maximum atomic E-state index is 12.1. The summed E-state index contributed by atoms with van der Waals surface area (Å²) in [6.07, 6.45) is 0.808. The molecule has 0 unspecified atom stereocenters. The number of hydrogen-bond acceptors (Lipinski definition) is 3. The third-order valence-corrected chi connectivity index (χ3v) is 2.87. The molecule has 0 spiro atoms. The SMILES string of the molecule is CCNCCCn1[nH]c(=O)c2ccccc2c1=O. The first-order valence-corrected chi connectivity index (χ1v) is 6.16. The number of hydrogen-bond donors (Lipinski definition) is 2. The van der Waals surface area contributed by atoms with Crippen LogP contribution in [0.3, 0.4) is 0 Å². The Morgan fingerprint density at radius 2 is 1.94 bits per heavy atom. The molecule has 96 valence electrons. The second-order valence-electron chi connectivity index (χ2n) is 4.15. The Labute approximate surface area is 104 Å². The highest BCUT2D eigenvalue weighted by Crippen LogP contribution is 2.02. The van der Waals surface area contributed by atoms with Crippen LogP contribution in [0.4, 0.5) is 0 Å². The molecule has 0 amide bonds. The highest BCUT2D eigenvalue weighted by atomic mass is 16.2. The number of aromatic amines is 1. The van der Waals surface area contributed by atoms with Crippen molar-refractivity contribution in [1.82, 2.24) is 15.1 Å². The van der Waals surface area contributed by atoms with E-state index in [2.05, 4.69) is 10.4 Å².